The van der Waals surface area contributed by atoms with Crippen LogP contribution in [0.15, 0.2) is 41.4 Å². The molecule has 1 aromatic rings. The molecule has 58 valence electrons. The summed E-state index contributed by atoms with van der Waals surface area (Å²) >= 11 is 0.379. The van der Waals surface area contributed by atoms with E-state index in [1.165, 1.54) is 4.46 Å². The van der Waals surface area contributed by atoms with Crippen LogP contribution in [0, 0.1) is 0 Å². The van der Waals surface area contributed by atoms with Crippen LogP contribution in [0.1, 0.15) is 0 Å². The normalized spacial score (nSPS) is 10.6. The standard InChI is InChI=1S/C9H10OSe/c10-7-4-8-11-9-5-2-1-3-6-9/h1-6,8,10H,7H2. The Kier molecular flexibility index (Phi) is 3.99. The third kappa shape index (κ3) is 3.38. The monoisotopic (exact) mass is 214 g/mol. The Morgan fingerprint density at radius 3 is 2.64 bits per heavy atom. The minimum atomic E-state index is 0.147. The van der Waals surface area contributed by atoms with Gasteiger partial charge in [0.15, 0.2) is 0 Å². The van der Waals surface area contributed by atoms with Gasteiger partial charge in [0.2, 0.25) is 0 Å². The fourth-order valence-electron chi connectivity index (χ4n) is 0.669. The Hall–Kier alpha value is -0.561. The maximum absolute atomic E-state index is 8.47. The van der Waals surface area contributed by atoms with Crippen LogP contribution < -0.4 is 4.46 Å². The van der Waals surface area contributed by atoms with Gasteiger partial charge in [0.25, 0.3) is 0 Å². The topological polar surface area (TPSA) is 20.2 Å². The number of benzene rings is 1. The first-order valence-corrected chi connectivity index (χ1v) is 5.25. The summed E-state index contributed by atoms with van der Waals surface area (Å²) in [6, 6.07) is 10.3. The first-order valence-electron chi connectivity index (χ1n) is 3.41. The zero-order chi connectivity index (χ0) is 7.94. The first kappa shape index (κ1) is 8.54. The van der Waals surface area contributed by atoms with Crippen LogP contribution in [0.2, 0.25) is 0 Å². The third-order valence-electron chi connectivity index (χ3n) is 1.15. The summed E-state index contributed by atoms with van der Waals surface area (Å²) in [5.41, 5.74) is 0. The molecular weight excluding hydrogens is 203 g/mol. The molecule has 1 aromatic carbocycles. The van der Waals surface area contributed by atoms with Gasteiger partial charge in [0, 0.05) is 0 Å². The van der Waals surface area contributed by atoms with E-state index in [0.29, 0.717) is 15.0 Å². The molecule has 1 nitrogen and oxygen atoms in total. The van der Waals surface area contributed by atoms with E-state index in [1.54, 1.807) is 6.08 Å². The van der Waals surface area contributed by atoms with Gasteiger partial charge in [0.05, 0.1) is 0 Å². The van der Waals surface area contributed by atoms with Crippen molar-refractivity contribution in [1.82, 2.24) is 0 Å². The molecule has 0 aliphatic carbocycles. The molecule has 0 saturated carbocycles. The van der Waals surface area contributed by atoms with E-state index in [-0.39, 0.29) is 6.61 Å². The summed E-state index contributed by atoms with van der Waals surface area (Å²) in [6.45, 7) is 0.147. The molecule has 0 fully saturated rings. The van der Waals surface area contributed by atoms with Gasteiger partial charge in [-0.15, -0.1) is 0 Å². The molecule has 0 radical (unpaired) electrons. The second-order valence-electron chi connectivity index (χ2n) is 1.99. The summed E-state index contributed by atoms with van der Waals surface area (Å²) in [5, 5.41) is 8.47. The summed E-state index contributed by atoms with van der Waals surface area (Å²) in [5.74, 6) is 0. The van der Waals surface area contributed by atoms with Crippen LogP contribution in [0.25, 0.3) is 0 Å². The number of aliphatic hydroxyl groups excluding tert-OH is 1. The van der Waals surface area contributed by atoms with E-state index in [4.69, 9.17) is 5.11 Å². The van der Waals surface area contributed by atoms with Gasteiger partial charge in [0.1, 0.15) is 0 Å². The van der Waals surface area contributed by atoms with Crippen LogP contribution in [0.4, 0.5) is 0 Å². The number of hydrogen-bond donors (Lipinski definition) is 1. The fourth-order valence-corrected chi connectivity index (χ4v) is 2.04. The number of rotatable bonds is 3. The van der Waals surface area contributed by atoms with E-state index < -0.39 is 0 Å². The second-order valence-corrected chi connectivity index (χ2v) is 4.04. The molecule has 0 unspecified atom stereocenters. The predicted octanol–water partition coefficient (Wildman–Crippen LogP) is 0.522. The Labute approximate surface area is 72.9 Å². The average Bonchev–Trinajstić information content (AvgIpc) is 2.07. The van der Waals surface area contributed by atoms with Crippen LogP contribution in [0.3, 0.4) is 0 Å². The van der Waals surface area contributed by atoms with E-state index >= 15 is 0 Å². The van der Waals surface area contributed by atoms with Gasteiger partial charge >= 0.3 is 72.5 Å². The Balaban J connectivity index is 2.45. The average molecular weight is 213 g/mol. The Morgan fingerprint density at radius 1 is 1.27 bits per heavy atom. The molecule has 1 rings (SSSR count). The number of aliphatic hydroxyl groups is 1. The molecule has 0 aliphatic heterocycles. The van der Waals surface area contributed by atoms with Gasteiger partial charge in [-0.2, -0.15) is 0 Å². The van der Waals surface area contributed by atoms with Crippen molar-refractivity contribution < 1.29 is 5.11 Å². The molecule has 0 amide bonds. The molecule has 1 N–H and O–H groups in total. The van der Waals surface area contributed by atoms with Crippen molar-refractivity contribution in [2.75, 3.05) is 6.61 Å². The minimum absolute atomic E-state index is 0.147. The molecule has 0 atom stereocenters. The molecule has 0 bridgehead atoms. The van der Waals surface area contributed by atoms with Crippen molar-refractivity contribution in [2.24, 2.45) is 0 Å². The zero-order valence-corrected chi connectivity index (χ0v) is 7.82. The molecular formula is C9H10OSe. The summed E-state index contributed by atoms with van der Waals surface area (Å²) in [7, 11) is 0. The molecule has 2 heteroatoms. The summed E-state index contributed by atoms with van der Waals surface area (Å²) in [6.07, 6.45) is 1.78. The van der Waals surface area contributed by atoms with Crippen molar-refractivity contribution in [2.45, 2.75) is 0 Å². The van der Waals surface area contributed by atoms with Crippen molar-refractivity contribution in [1.29, 1.82) is 0 Å². The molecule has 11 heavy (non-hydrogen) atoms. The van der Waals surface area contributed by atoms with E-state index in [2.05, 4.69) is 12.1 Å². The van der Waals surface area contributed by atoms with E-state index in [0.717, 1.165) is 0 Å². The van der Waals surface area contributed by atoms with Crippen molar-refractivity contribution in [3.63, 3.8) is 0 Å². The number of hydrogen-bond acceptors (Lipinski definition) is 1. The molecule has 0 heterocycles. The summed E-state index contributed by atoms with van der Waals surface area (Å²) < 4.78 is 1.34. The Morgan fingerprint density at radius 2 is 2.00 bits per heavy atom. The third-order valence-corrected chi connectivity index (χ3v) is 2.98. The molecule has 0 spiro atoms. The zero-order valence-electron chi connectivity index (χ0n) is 6.10. The second kappa shape index (κ2) is 5.14. The van der Waals surface area contributed by atoms with Crippen LogP contribution in [-0.2, 0) is 0 Å². The van der Waals surface area contributed by atoms with Crippen LogP contribution in [0.5, 0.6) is 0 Å². The first-order chi connectivity index (χ1) is 5.43. The van der Waals surface area contributed by atoms with Crippen LogP contribution >= 0.6 is 0 Å². The fraction of sp³-hybridized carbons (Fsp3) is 0.111. The Bertz CT molecular complexity index is 218. The maximum atomic E-state index is 8.47. The van der Waals surface area contributed by atoms with Crippen LogP contribution in [-0.4, -0.2) is 26.7 Å². The van der Waals surface area contributed by atoms with Gasteiger partial charge in [-0.05, 0) is 0 Å². The predicted molar refractivity (Wildman–Crippen MR) is 48.1 cm³/mol. The molecule has 0 aromatic heterocycles. The van der Waals surface area contributed by atoms with Crippen molar-refractivity contribution in [3.05, 3.63) is 41.4 Å². The quantitative estimate of drug-likeness (QED) is 0.726. The van der Waals surface area contributed by atoms with Crippen molar-refractivity contribution in [3.8, 4) is 0 Å². The van der Waals surface area contributed by atoms with Gasteiger partial charge in [-0.1, -0.05) is 0 Å². The van der Waals surface area contributed by atoms with Crippen molar-refractivity contribution >= 4 is 19.4 Å². The van der Waals surface area contributed by atoms with Gasteiger partial charge < -0.3 is 0 Å². The molecule has 0 aliphatic rings. The van der Waals surface area contributed by atoms with Gasteiger partial charge in [-0.25, -0.2) is 0 Å². The van der Waals surface area contributed by atoms with Gasteiger partial charge in [-0.3, -0.25) is 0 Å². The van der Waals surface area contributed by atoms with E-state index in [9.17, 15) is 0 Å². The summed E-state index contributed by atoms with van der Waals surface area (Å²) in [4.78, 5) is 2.03. The van der Waals surface area contributed by atoms with E-state index in [1.807, 2.05) is 23.2 Å². The molecule has 0 saturated heterocycles. The SMILES string of the molecule is OCC=C[Se]c1ccccc1.